The van der Waals surface area contributed by atoms with E-state index in [0.29, 0.717) is 12.5 Å². The van der Waals surface area contributed by atoms with Crippen molar-refractivity contribution in [2.24, 2.45) is 11.7 Å². The van der Waals surface area contributed by atoms with Gasteiger partial charge >= 0.3 is 6.18 Å². The molecule has 1 rings (SSSR count). The molecule has 0 aromatic carbocycles. The zero-order chi connectivity index (χ0) is 14.3. The highest BCUT2D eigenvalue weighted by Crippen LogP contribution is 2.27. The standard InChI is InChI=1S/C12H21F3N2O2/c13-12(14,15)8-19-6-5-11(18)17-10(7-16)9-3-1-2-4-9/h9-10H,1-8,16H2,(H,17,18). The molecule has 1 saturated carbocycles. The summed E-state index contributed by atoms with van der Waals surface area (Å²) >= 11 is 0. The lowest BCUT2D eigenvalue weighted by Gasteiger charge is -2.23. The smallest absolute Gasteiger partial charge is 0.372 e. The summed E-state index contributed by atoms with van der Waals surface area (Å²) in [4.78, 5) is 11.6. The molecule has 19 heavy (non-hydrogen) atoms. The van der Waals surface area contributed by atoms with Crippen LogP contribution in [0, 0.1) is 5.92 Å². The first-order valence-electron chi connectivity index (χ1n) is 6.56. The summed E-state index contributed by atoms with van der Waals surface area (Å²) in [5.74, 6) is 0.0922. The summed E-state index contributed by atoms with van der Waals surface area (Å²) in [7, 11) is 0. The quantitative estimate of drug-likeness (QED) is 0.697. The molecular weight excluding hydrogens is 261 g/mol. The van der Waals surface area contributed by atoms with Gasteiger partial charge < -0.3 is 15.8 Å². The first-order chi connectivity index (χ1) is 8.92. The van der Waals surface area contributed by atoms with Crippen LogP contribution >= 0.6 is 0 Å². The maximum Gasteiger partial charge on any atom is 0.411 e. The molecule has 0 heterocycles. The van der Waals surface area contributed by atoms with E-state index in [1.54, 1.807) is 0 Å². The molecular formula is C12H21F3N2O2. The second-order valence-electron chi connectivity index (χ2n) is 4.87. The number of alkyl halides is 3. The predicted octanol–water partition coefficient (Wildman–Crippen LogP) is 1.59. The van der Waals surface area contributed by atoms with Crippen LogP contribution in [0.4, 0.5) is 13.2 Å². The van der Waals surface area contributed by atoms with Gasteiger partial charge in [0, 0.05) is 19.0 Å². The van der Waals surface area contributed by atoms with Crippen molar-refractivity contribution in [3.05, 3.63) is 0 Å². The van der Waals surface area contributed by atoms with Crippen molar-refractivity contribution in [1.82, 2.24) is 5.32 Å². The van der Waals surface area contributed by atoms with Gasteiger partial charge in [-0.15, -0.1) is 0 Å². The fourth-order valence-electron chi connectivity index (χ4n) is 2.36. The first kappa shape index (κ1) is 16.2. The van der Waals surface area contributed by atoms with Crippen LogP contribution in [0.3, 0.4) is 0 Å². The third-order valence-electron chi connectivity index (χ3n) is 3.31. The minimum absolute atomic E-state index is 0.0701. The molecule has 1 atom stereocenters. The molecule has 3 N–H and O–H groups in total. The molecule has 0 spiro atoms. The van der Waals surface area contributed by atoms with Gasteiger partial charge in [-0.3, -0.25) is 4.79 Å². The fraction of sp³-hybridized carbons (Fsp3) is 0.917. The first-order valence-corrected chi connectivity index (χ1v) is 6.56. The number of hydrogen-bond acceptors (Lipinski definition) is 3. The summed E-state index contributed by atoms with van der Waals surface area (Å²) < 4.78 is 39.8. The van der Waals surface area contributed by atoms with Crippen molar-refractivity contribution < 1.29 is 22.7 Å². The van der Waals surface area contributed by atoms with Gasteiger partial charge in [-0.25, -0.2) is 0 Å². The third-order valence-corrected chi connectivity index (χ3v) is 3.31. The van der Waals surface area contributed by atoms with Crippen molar-refractivity contribution in [3.8, 4) is 0 Å². The Hall–Kier alpha value is -0.820. The van der Waals surface area contributed by atoms with E-state index in [4.69, 9.17) is 5.73 Å². The van der Waals surface area contributed by atoms with Crippen LogP contribution in [0.1, 0.15) is 32.1 Å². The SMILES string of the molecule is NCC(NC(=O)CCOCC(F)(F)F)C1CCCC1. The van der Waals surface area contributed by atoms with Crippen LogP contribution in [-0.4, -0.2) is 37.9 Å². The topological polar surface area (TPSA) is 64.3 Å². The van der Waals surface area contributed by atoms with E-state index < -0.39 is 12.8 Å². The number of nitrogens with one attached hydrogen (secondary N) is 1. The molecule has 4 nitrogen and oxygen atoms in total. The van der Waals surface area contributed by atoms with Gasteiger partial charge in [0.05, 0.1) is 6.61 Å². The highest BCUT2D eigenvalue weighted by atomic mass is 19.4. The van der Waals surface area contributed by atoms with Gasteiger partial charge in [0.15, 0.2) is 0 Å². The van der Waals surface area contributed by atoms with Crippen molar-refractivity contribution >= 4 is 5.91 Å². The number of rotatable bonds is 7. The Morgan fingerprint density at radius 3 is 2.53 bits per heavy atom. The largest absolute Gasteiger partial charge is 0.411 e. The number of halogens is 3. The van der Waals surface area contributed by atoms with E-state index in [1.807, 2.05) is 0 Å². The molecule has 0 radical (unpaired) electrons. The van der Waals surface area contributed by atoms with Crippen molar-refractivity contribution in [2.45, 2.75) is 44.3 Å². The third kappa shape index (κ3) is 6.77. The van der Waals surface area contributed by atoms with Crippen LogP contribution < -0.4 is 11.1 Å². The van der Waals surface area contributed by atoms with Gasteiger partial charge in [0.25, 0.3) is 0 Å². The van der Waals surface area contributed by atoms with Gasteiger partial charge in [0.1, 0.15) is 6.61 Å². The molecule has 112 valence electrons. The van der Waals surface area contributed by atoms with Crippen molar-refractivity contribution in [1.29, 1.82) is 0 Å². The summed E-state index contributed by atoms with van der Waals surface area (Å²) in [6, 6.07) is -0.0717. The molecule has 1 aliphatic rings. The van der Waals surface area contributed by atoms with Crippen LogP contribution in [0.15, 0.2) is 0 Å². The number of carbonyl (C=O) groups is 1. The maximum atomic E-state index is 11.8. The Morgan fingerprint density at radius 1 is 1.37 bits per heavy atom. The van der Waals surface area contributed by atoms with Crippen molar-refractivity contribution in [3.63, 3.8) is 0 Å². The molecule has 0 aromatic heterocycles. The van der Waals surface area contributed by atoms with Gasteiger partial charge in [-0.1, -0.05) is 12.8 Å². The highest BCUT2D eigenvalue weighted by molar-refractivity contribution is 5.76. The van der Waals surface area contributed by atoms with Gasteiger partial charge in [-0.05, 0) is 18.8 Å². The molecule has 0 aliphatic heterocycles. The van der Waals surface area contributed by atoms with E-state index in [1.165, 1.54) is 0 Å². The summed E-state index contributed by atoms with van der Waals surface area (Å²) in [6.45, 7) is -1.18. The molecule has 1 aliphatic carbocycles. The Labute approximate surface area is 110 Å². The second kappa shape index (κ2) is 7.69. The Bertz CT molecular complexity index is 279. The molecule has 1 unspecified atom stereocenters. The lowest BCUT2D eigenvalue weighted by Crippen LogP contribution is -2.44. The zero-order valence-corrected chi connectivity index (χ0v) is 10.8. The van der Waals surface area contributed by atoms with E-state index in [2.05, 4.69) is 10.1 Å². The van der Waals surface area contributed by atoms with E-state index >= 15 is 0 Å². The zero-order valence-electron chi connectivity index (χ0n) is 10.8. The number of nitrogens with two attached hydrogens (primary N) is 1. The Morgan fingerprint density at radius 2 is 2.00 bits per heavy atom. The molecule has 7 heteroatoms. The van der Waals surface area contributed by atoms with Gasteiger partial charge in [-0.2, -0.15) is 13.2 Å². The minimum Gasteiger partial charge on any atom is -0.372 e. The van der Waals surface area contributed by atoms with E-state index in [9.17, 15) is 18.0 Å². The van der Waals surface area contributed by atoms with Crippen LogP contribution in [0.25, 0.3) is 0 Å². The molecule has 0 bridgehead atoms. The summed E-state index contributed by atoms with van der Waals surface area (Å²) in [6.07, 6.45) is -0.0314. The Balaban J connectivity index is 2.18. The number of amides is 1. The molecule has 1 fully saturated rings. The maximum absolute atomic E-state index is 11.8. The molecule has 0 saturated heterocycles. The summed E-state index contributed by atoms with van der Waals surface area (Å²) in [5, 5.41) is 2.78. The normalized spacial score (nSPS) is 18.5. The van der Waals surface area contributed by atoms with Gasteiger partial charge in [0.2, 0.25) is 5.91 Å². The van der Waals surface area contributed by atoms with Crippen LogP contribution in [-0.2, 0) is 9.53 Å². The van der Waals surface area contributed by atoms with Crippen molar-refractivity contribution in [2.75, 3.05) is 19.8 Å². The molecule has 1 amide bonds. The lowest BCUT2D eigenvalue weighted by atomic mass is 9.98. The fourth-order valence-corrected chi connectivity index (χ4v) is 2.36. The van der Waals surface area contributed by atoms with E-state index in [0.717, 1.165) is 25.7 Å². The average Bonchev–Trinajstić information content (AvgIpc) is 2.84. The predicted molar refractivity (Wildman–Crippen MR) is 64.4 cm³/mol. The highest BCUT2D eigenvalue weighted by Gasteiger charge is 2.28. The van der Waals surface area contributed by atoms with Crippen LogP contribution in [0.2, 0.25) is 0 Å². The average molecular weight is 282 g/mol. The lowest BCUT2D eigenvalue weighted by molar-refractivity contribution is -0.174. The molecule has 0 aromatic rings. The Kier molecular flexibility index (Phi) is 6.57. The number of ether oxygens (including phenoxy) is 1. The number of carbonyl (C=O) groups excluding carboxylic acids is 1. The van der Waals surface area contributed by atoms with Crippen LogP contribution in [0.5, 0.6) is 0 Å². The summed E-state index contributed by atoms with van der Waals surface area (Å²) in [5.41, 5.74) is 5.62. The minimum atomic E-state index is -4.35. The number of hydrogen-bond donors (Lipinski definition) is 2. The second-order valence-corrected chi connectivity index (χ2v) is 4.87. The van der Waals surface area contributed by atoms with E-state index in [-0.39, 0.29) is 25.0 Å². The monoisotopic (exact) mass is 282 g/mol.